The zero-order valence-electron chi connectivity index (χ0n) is 8.76. The second-order valence-electron chi connectivity index (χ2n) is 5.00. The summed E-state index contributed by atoms with van der Waals surface area (Å²) in [5.74, 6) is -0.126. The lowest BCUT2D eigenvalue weighted by Crippen LogP contribution is -2.49. The molecule has 1 aliphatic rings. The van der Waals surface area contributed by atoms with Gasteiger partial charge in [-0.1, -0.05) is 20.8 Å². The smallest absolute Gasteiger partial charge is 0.221 e. The molecular formula is C10H20N2O. The molecule has 1 heterocycles. The molecule has 3 nitrogen and oxygen atoms in total. The van der Waals surface area contributed by atoms with E-state index in [9.17, 15) is 4.79 Å². The second kappa shape index (κ2) is 3.66. The number of nitrogens with one attached hydrogen (secondary N) is 1. The largest absolute Gasteiger partial charge is 0.369 e. The summed E-state index contributed by atoms with van der Waals surface area (Å²) in [6, 6.07) is 0.517. The first kappa shape index (κ1) is 10.5. The second-order valence-corrected chi connectivity index (χ2v) is 5.00. The summed E-state index contributed by atoms with van der Waals surface area (Å²) in [6.45, 7) is 7.40. The average molecular weight is 184 g/mol. The van der Waals surface area contributed by atoms with Crippen molar-refractivity contribution in [3.63, 3.8) is 0 Å². The fraction of sp³-hybridized carbons (Fsp3) is 0.900. The van der Waals surface area contributed by atoms with Gasteiger partial charge in [-0.05, 0) is 18.3 Å². The van der Waals surface area contributed by atoms with Crippen LogP contribution in [0, 0.1) is 11.3 Å². The SMILES string of the molecule is CC(C)(C)C1CCC(C(N)=O)CN1. The summed E-state index contributed by atoms with van der Waals surface area (Å²) >= 11 is 0. The van der Waals surface area contributed by atoms with Gasteiger partial charge < -0.3 is 11.1 Å². The molecule has 1 saturated heterocycles. The van der Waals surface area contributed by atoms with E-state index in [1.165, 1.54) is 0 Å². The molecule has 0 radical (unpaired) electrons. The molecule has 2 atom stereocenters. The van der Waals surface area contributed by atoms with Crippen molar-refractivity contribution in [3.8, 4) is 0 Å². The van der Waals surface area contributed by atoms with Crippen molar-refractivity contribution in [2.45, 2.75) is 39.7 Å². The van der Waals surface area contributed by atoms with E-state index in [-0.39, 0.29) is 17.2 Å². The molecule has 1 rings (SSSR count). The Balaban J connectivity index is 2.44. The van der Waals surface area contributed by atoms with Crippen LogP contribution in [0.4, 0.5) is 0 Å². The fourth-order valence-corrected chi connectivity index (χ4v) is 1.84. The predicted molar refractivity (Wildman–Crippen MR) is 53.2 cm³/mol. The molecule has 0 spiro atoms. The van der Waals surface area contributed by atoms with Gasteiger partial charge in [0, 0.05) is 12.6 Å². The first-order chi connectivity index (χ1) is 5.91. The van der Waals surface area contributed by atoms with Crippen LogP contribution in [0.3, 0.4) is 0 Å². The van der Waals surface area contributed by atoms with Gasteiger partial charge >= 0.3 is 0 Å². The van der Waals surface area contributed by atoms with Gasteiger partial charge in [-0.2, -0.15) is 0 Å². The maximum Gasteiger partial charge on any atom is 0.221 e. The Morgan fingerprint density at radius 2 is 2.00 bits per heavy atom. The Morgan fingerprint density at radius 3 is 2.31 bits per heavy atom. The predicted octanol–water partition coefficient (Wildman–Crippen LogP) is 0.886. The lowest BCUT2D eigenvalue weighted by Gasteiger charge is -2.37. The van der Waals surface area contributed by atoms with Gasteiger partial charge in [0.25, 0.3) is 0 Å². The maximum absolute atomic E-state index is 10.9. The highest BCUT2D eigenvalue weighted by atomic mass is 16.1. The normalized spacial score (nSPS) is 30.1. The van der Waals surface area contributed by atoms with E-state index in [0.29, 0.717) is 6.04 Å². The lowest BCUT2D eigenvalue weighted by atomic mass is 9.80. The minimum Gasteiger partial charge on any atom is -0.369 e. The molecular weight excluding hydrogens is 164 g/mol. The van der Waals surface area contributed by atoms with Crippen LogP contribution in [0.15, 0.2) is 0 Å². The van der Waals surface area contributed by atoms with E-state index >= 15 is 0 Å². The van der Waals surface area contributed by atoms with E-state index in [0.717, 1.165) is 19.4 Å². The highest BCUT2D eigenvalue weighted by molar-refractivity contribution is 5.76. The van der Waals surface area contributed by atoms with Crippen molar-refractivity contribution in [1.29, 1.82) is 0 Å². The molecule has 0 aromatic heterocycles. The van der Waals surface area contributed by atoms with Crippen LogP contribution in [0.5, 0.6) is 0 Å². The molecule has 3 heteroatoms. The van der Waals surface area contributed by atoms with Crippen molar-refractivity contribution in [3.05, 3.63) is 0 Å². The highest BCUT2D eigenvalue weighted by Crippen LogP contribution is 2.27. The molecule has 0 aliphatic carbocycles. The van der Waals surface area contributed by atoms with Gasteiger partial charge in [0.2, 0.25) is 5.91 Å². The standard InChI is InChI=1S/C10H20N2O/c1-10(2,3)8-5-4-7(6-12-8)9(11)13/h7-8,12H,4-6H2,1-3H3,(H2,11,13). The first-order valence-corrected chi connectivity index (χ1v) is 4.94. The fourth-order valence-electron chi connectivity index (χ4n) is 1.84. The zero-order valence-corrected chi connectivity index (χ0v) is 8.76. The zero-order chi connectivity index (χ0) is 10.1. The maximum atomic E-state index is 10.9. The molecule has 1 fully saturated rings. The number of nitrogens with two attached hydrogens (primary N) is 1. The number of rotatable bonds is 1. The summed E-state index contributed by atoms with van der Waals surface area (Å²) < 4.78 is 0. The van der Waals surface area contributed by atoms with E-state index in [4.69, 9.17) is 5.73 Å². The molecule has 1 amide bonds. The molecule has 0 aromatic rings. The summed E-state index contributed by atoms with van der Waals surface area (Å²) in [7, 11) is 0. The van der Waals surface area contributed by atoms with Crippen LogP contribution in [0.25, 0.3) is 0 Å². The van der Waals surface area contributed by atoms with Crippen molar-refractivity contribution in [1.82, 2.24) is 5.32 Å². The molecule has 0 bridgehead atoms. The van der Waals surface area contributed by atoms with E-state index < -0.39 is 0 Å². The number of carbonyl (C=O) groups is 1. The quantitative estimate of drug-likeness (QED) is 0.636. The molecule has 13 heavy (non-hydrogen) atoms. The van der Waals surface area contributed by atoms with E-state index in [1.54, 1.807) is 0 Å². The van der Waals surface area contributed by atoms with Crippen LogP contribution in [-0.4, -0.2) is 18.5 Å². The lowest BCUT2D eigenvalue weighted by molar-refractivity contribution is -0.122. The Bertz CT molecular complexity index is 188. The van der Waals surface area contributed by atoms with Crippen LogP contribution in [0.2, 0.25) is 0 Å². The Morgan fingerprint density at radius 1 is 1.38 bits per heavy atom. The van der Waals surface area contributed by atoms with Crippen molar-refractivity contribution in [2.24, 2.45) is 17.1 Å². The summed E-state index contributed by atoms with van der Waals surface area (Å²) in [6.07, 6.45) is 1.99. The molecule has 3 N–H and O–H groups in total. The van der Waals surface area contributed by atoms with Crippen LogP contribution in [-0.2, 0) is 4.79 Å². The minimum atomic E-state index is -0.167. The number of amides is 1. The van der Waals surface area contributed by atoms with Crippen molar-refractivity contribution < 1.29 is 4.79 Å². The van der Waals surface area contributed by atoms with Gasteiger partial charge in [-0.3, -0.25) is 4.79 Å². The summed E-state index contributed by atoms with van der Waals surface area (Å²) in [4.78, 5) is 10.9. The van der Waals surface area contributed by atoms with Gasteiger partial charge in [-0.25, -0.2) is 0 Å². The Hall–Kier alpha value is -0.570. The molecule has 76 valence electrons. The van der Waals surface area contributed by atoms with Crippen LogP contribution < -0.4 is 11.1 Å². The summed E-state index contributed by atoms with van der Waals surface area (Å²) in [5, 5.41) is 3.39. The van der Waals surface area contributed by atoms with Gasteiger partial charge in [0.1, 0.15) is 0 Å². The van der Waals surface area contributed by atoms with E-state index in [1.807, 2.05) is 0 Å². The number of hydrogen-bond donors (Lipinski definition) is 2. The van der Waals surface area contributed by atoms with Gasteiger partial charge in [0.05, 0.1) is 5.92 Å². The highest BCUT2D eigenvalue weighted by Gasteiger charge is 2.30. The topological polar surface area (TPSA) is 55.1 Å². The number of carbonyl (C=O) groups excluding carboxylic acids is 1. The summed E-state index contributed by atoms with van der Waals surface area (Å²) in [5.41, 5.74) is 5.52. The Labute approximate surface area is 80.1 Å². The third-order valence-electron chi connectivity index (χ3n) is 2.86. The van der Waals surface area contributed by atoms with E-state index in [2.05, 4.69) is 26.1 Å². The molecule has 0 saturated carbocycles. The third kappa shape index (κ3) is 2.69. The number of hydrogen-bond acceptors (Lipinski definition) is 2. The molecule has 0 aromatic carbocycles. The van der Waals surface area contributed by atoms with Crippen molar-refractivity contribution in [2.75, 3.05) is 6.54 Å². The van der Waals surface area contributed by atoms with Crippen molar-refractivity contribution >= 4 is 5.91 Å². The van der Waals surface area contributed by atoms with Gasteiger partial charge in [-0.15, -0.1) is 0 Å². The molecule has 1 aliphatic heterocycles. The number of primary amides is 1. The minimum absolute atomic E-state index is 0.0404. The average Bonchev–Trinajstić information content (AvgIpc) is 2.03. The third-order valence-corrected chi connectivity index (χ3v) is 2.86. The first-order valence-electron chi connectivity index (χ1n) is 4.94. The van der Waals surface area contributed by atoms with Crippen LogP contribution >= 0.6 is 0 Å². The molecule has 2 unspecified atom stereocenters. The Kier molecular flexibility index (Phi) is 2.96. The number of piperidine rings is 1. The van der Waals surface area contributed by atoms with Crippen LogP contribution in [0.1, 0.15) is 33.6 Å². The monoisotopic (exact) mass is 184 g/mol. The van der Waals surface area contributed by atoms with Gasteiger partial charge in [0.15, 0.2) is 0 Å².